The van der Waals surface area contributed by atoms with E-state index in [-0.39, 0.29) is 6.10 Å². The Labute approximate surface area is 181 Å². The standard InChI is InChI=1S/C26H36O4/c1-13(27)10-29-25-18(6)14(2)23(15(3)19(25)7)24-16(4)20(8)26(21(9)17(24)5)30-12-22-11-28-22/h13,22,27H,10-12H2,1-9H3. The van der Waals surface area contributed by atoms with Crippen LogP contribution in [0.2, 0.25) is 0 Å². The highest BCUT2D eigenvalue weighted by molar-refractivity contribution is 5.82. The van der Waals surface area contributed by atoms with Gasteiger partial charge < -0.3 is 19.3 Å². The molecule has 1 N–H and O–H groups in total. The molecule has 0 spiro atoms. The Kier molecular flexibility index (Phi) is 6.49. The summed E-state index contributed by atoms with van der Waals surface area (Å²) in [5.41, 5.74) is 12.2. The molecule has 0 aliphatic carbocycles. The number of hydrogen-bond donors (Lipinski definition) is 1. The van der Waals surface area contributed by atoms with E-state index >= 15 is 0 Å². The number of benzene rings is 2. The van der Waals surface area contributed by atoms with Gasteiger partial charge in [0.15, 0.2) is 0 Å². The molecule has 1 fully saturated rings. The molecule has 1 aliphatic rings. The smallest absolute Gasteiger partial charge is 0.125 e. The van der Waals surface area contributed by atoms with Crippen molar-refractivity contribution in [3.8, 4) is 22.6 Å². The largest absolute Gasteiger partial charge is 0.490 e. The van der Waals surface area contributed by atoms with Crippen molar-refractivity contribution in [2.45, 2.75) is 74.5 Å². The van der Waals surface area contributed by atoms with Gasteiger partial charge in [-0.15, -0.1) is 0 Å². The Morgan fingerprint density at radius 1 is 0.733 bits per heavy atom. The first-order valence-corrected chi connectivity index (χ1v) is 10.8. The molecular formula is C26H36O4. The Hall–Kier alpha value is -2.04. The number of aliphatic hydroxyl groups is 1. The molecule has 0 amide bonds. The Bertz CT molecular complexity index is 838. The molecule has 0 saturated carbocycles. The van der Waals surface area contributed by atoms with E-state index < -0.39 is 6.10 Å². The zero-order chi connectivity index (χ0) is 22.3. The molecule has 1 saturated heterocycles. The van der Waals surface area contributed by atoms with Crippen molar-refractivity contribution < 1.29 is 19.3 Å². The average Bonchev–Trinajstić information content (AvgIpc) is 3.51. The molecule has 0 aromatic heterocycles. The lowest BCUT2D eigenvalue weighted by Gasteiger charge is -2.26. The van der Waals surface area contributed by atoms with Crippen LogP contribution < -0.4 is 9.47 Å². The van der Waals surface area contributed by atoms with E-state index in [0.717, 1.165) is 29.2 Å². The lowest BCUT2D eigenvalue weighted by atomic mass is 9.82. The number of hydrogen-bond acceptors (Lipinski definition) is 4. The summed E-state index contributed by atoms with van der Waals surface area (Å²) >= 11 is 0. The van der Waals surface area contributed by atoms with E-state index in [4.69, 9.17) is 14.2 Å². The lowest BCUT2D eigenvalue weighted by Crippen LogP contribution is -2.15. The van der Waals surface area contributed by atoms with E-state index in [0.29, 0.717) is 13.2 Å². The first kappa shape index (κ1) is 22.6. The lowest BCUT2D eigenvalue weighted by molar-refractivity contribution is 0.122. The molecule has 3 rings (SSSR count). The maximum Gasteiger partial charge on any atom is 0.125 e. The fourth-order valence-corrected chi connectivity index (χ4v) is 4.28. The summed E-state index contributed by atoms with van der Waals surface area (Å²) in [7, 11) is 0. The number of rotatable bonds is 7. The first-order chi connectivity index (χ1) is 14.1. The minimum Gasteiger partial charge on any atom is -0.490 e. The van der Waals surface area contributed by atoms with Crippen molar-refractivity contribution in [3.05, 3.63) is 44.5 Å². The summed E-state index contributed by atoms with van der Waals surface area (Å²) in [5, 5.41) is 9.66. The van der Waals surface area contributed by atoms with Crippen LogP contribution in [-0.2, 0) is 4.74 Å². The summed E-state index contributed by atoms with van der Waals surface area (Å²) in [5.74, 6) is 1.88. The zero-order valence-corrected chi connectivity index (χ0v) is 19.9. The molecule has 4 nitrogen and oxygen atoms in total. The average molecular weight is 413 g/mol. The van der Waals surface area contributed by atoms with Gasteiger partial charge in [0.1, 0.15) is 30.8 Å². The maximum atomic E-state index is 9.66. The predicted octanol–water partition coefficient (Wildman–Crippen LogP) is 5.36. The van der Waals surface area contributed by atoms with Crippen LogP contribution in [0.15, 0.2) is 0 Å². The molecule has 164 valence electrons. The molecule has 0 radical (unpaired) electrons. The molecule has 1 heterocycles. The summed E-state index contributed by atoms with van der Waals surface area (Å²) < 4.78 is 17.5. The quantitative estimate of drug-likeness (QED) is 0.622. The maximum absolute atomic E-state index is 9.66. The van der Waals surface area contributed by atoms with Crippen molar-refractivity contribution in [2.24, 2.45) is 0 Å². The third-order valence-electron chi connectivity index (χ3n) is 6.65. The van der Waals surface area contributed by atoms with E-state index in [1.165, 1.54) is 44.5 Å². The summed E-state index contributed by atoms with van der Waals surface area (Å²) in [4.78, 5) is 0. The highest BCUT2D eigenvalue weighted by Crippen LogP contribution is 2.44. The van der Waals surface area contributed by atoms with Crippen LogP contribution >= 0.6 is 0 Å². The monoisotopic (exact) mass is 412 g/mol. The van der Waals surface area contributed by atoms with E-state index in [2.05, 4.69) is 55.4 Å². The molecule has 2 aromatic carbocycles. The van der Waals surface area contributed by atoms with Gasteiger partial charge in [-0.1, -0.05) is 0 Å². The fraction of sp³-hybridized carbons (Fsp3) is 0.538. The minimum absolute atomic E-state index is 0.244. The van der Waals surface area contributed by atoms with Gasteiger partial charge in [-0.2, -0.15) is 0 Å². The second-order valence-electron chi connectivity index (χ2n) is 8.83. The Morgan fingerprint density at radius 3 is 1.43 bits per heavy atom. The summed E-state index contributed by atoms with van der Waals surface area (Å²) in [6.45, 7) is 20.7. The second-order valence-corrected chi connectivity index (χ2v) is 8.83. The van der Waals surface area contributed by atoms with Crippen LogP contribution in [0.25, 0.3) is 11.1 Å². The van der Waals surface area contributed by atoms with Crippen LogP contribution in [0.5, 0.6) is 11.5 Å². The fourth-order valence-electron chi connectivity index (χ4n) is 4.28. The molecule has 0 bridgehead atoms. The van der Waals surface area contributed by atoms with Crippen molar-refractivity contribution in [1.82, 2.24) is 0 Å². The van der Waals surface area contributed by atoms with Gasteiger partial charge in [-0.3, -0.25) is 0 Å². The number of ether oxygens (including phenoxy) is 3. The van der Waals surface area contributed by atoms with Gasteiger partial charge in [0.25, 0.3) is 0 Å². The molecule has 1 aliphatic heterocycles. The molecule has 4 heteroatoms. The normalized spacial score (nSPS) is 16.5. The first-order valence-electron chi connectivity index (χ1n) is 10.8. The molecule has 2 unspecified atom stereocenters. The van der Waals surface area contributed by atoms with Gasteiger partial charge in [-0.25, -0.2) is 0 Å². The van der Waals surface area contributed by atoms with Crippen molar-refractivity contribution in [2.75, 3.05) is 19.8 Å². The summed E-state index contributed by atoms with van der Waals surface area (Å²) in [6, 6.07) is 0. The van der Waals surface area contributed by atoms with Crippen molar-refractivity contribution in [3.63, 3.8) is 0 Å². The highest BCUT2D eigenvalue weighted by Gasteiger charge is 2.26. The number of epoxide rings is 1. The highest BCUT2D eigenvalue weighted by atomic mass is 16.6. The molecule has 30 heavy (non-hydrogen) atoms. The van der Waals surface area contributed by atoms with Crippen LogP contribution in [-0.4, -0.2) is 37.1 Å². The molecule has 2 aromatic rings. The Balaban J connectivity index is 2.15. The Morgan fingerprint density at radius 2 is 1.10 bits per heavy atom. The number of aliphatic hydroxyl groups excluding tert-OH is 1. The second kappa shape index (κ2) is 8.60. The van der Waals surface area contributed by atoms with Gasteiger partial charge >= 0.3 is 0 Å². The summed E-state index contributed by atoms with van der Waals surface area (Å²) in [6.07, 6.45) is -0.250. The third kappa shape index (κ3) is 4.08. The van der Waals surface area contributed by atoms with Gasteiger partial charge in [0.2, 0.25) is 0 Å². The SMILES string of the molecule is Cc1c(C)c(-c2c(C)c(C)c(OCC3CO3)c(C)c2C)c(C)c(C)c1OCC(C)O. The topological polar surface area (TPSA) is 51.2 Å². The van der Waals surface area contributed by atoms with Crippen LogP contribution in [0.1, 0.15) is 51.4 Å². The van der Waals surface area contributed by atoms with Crippen LogP contribution in [0.3, 0.4) is 0 Å². The van der Waals surface area contributed by atoms with Crippen LogP contribution in [0.4, 0.5) is 0 Å². The molecular weight excluding hydrogens is 376 g/mol. The van der Waals surface area contributed by atoms with Crippen LogP contribution in [0, 0.1) is 55.4 Å². The van der Waals surface area contributed by atoms with E-state index in [1.54, 1.807) is 6.92 Å². The zero-order valence-electron chi connectivity index (χ0n) is 19.9. The van der Waals surface area contributed by atoms with E-state index in [1.807, 2.05) is 0 Å². The van der Waals surface area contributed by atoms with Gasteiger partial charge in [0.05, 0.1) is 12.7 Å². The van der Waals surface area contributed by atoms with Gasteiger partial charge in [-0.05, 0) is 118 Å². The molecule has 2 atom stereocenters. The van der Waals surface area contributed by atoms with Crippen molar-refractivity contribution >= 4 is 0 Å². The van der Waals surface area contributed by atoms with E-state index in [9.17, 15) is 5.11 Å². The van der Waals surface area contributed by atoms with Gasteiger partial charge in [0, 0.05) is 0 Å². The predicted molar refractivity (Wildman–Crippen MR) is 122 cm³/mol. The van der Waals surface area contributed by atoms with Crippen molar-refractivity contribution in [1.29, 1.82) is 0 Å². The third-order valence-corrected chi connectivity index (χ3v) is 6.65. The minimum atomic E-state index is -0.493.